The van der Waals surface area contributed by atoms with Crippen LogP contribution in [0.3, 0.4) is 0 Å². The van der Waals surface area contributed by atoms with E-state index in [0.29, 0.717) is 31.7 Å². The highest BCUT2D eigenvalue weighted by atomic mass is 16.2. The van der Waals surface area contributed by atoms with Crippen LogP contribution in [-0.4, -0.2) is 65.4 Å². The molecule has 0 aliphatic carbocycles. The molecule has 0 spiro atoms. The van der Waals surface area contributed by atoms with Gasteiger partial charge >= 0.3 is 6.03 Å². The standard InChI is InChI=1S/C25H25N5O3/c1-25(20-10-9-18-6-2-3-7-19(18)16-20)23(32)30(24(33)27-25)17-22(31)29-14-12-28(13-15-29)21-8-4-5-11-26-21/h2-11,16H,12-15,17H2,1H3,(H,27,33). The van der Waals surface area contributed by atoms with Gasteiger partial charge in [-0.05, 0) is 41.5 Å². The topological polar surface area (TPSA) is 85.8 Å². The van der Waals surface area contributed by atoms with Gasteiger partial charge in [-0.25, -0.2) is 9.78 Å². The lowest BCUT2D eigenvalue weighted by Crippen LogP contribution is -2.52. The number of imide groups is 1. The molecular formula is C25H25N5O3. The van der Waals surface area contributed by atoms with Crippen LogP contribution in [0.5, 0.6) is 0 Å². The minimum absolute atomic E-state index is 0.234. The van der Waals surface area contributed by atoms with Crippen LogP contribution < -0.4 is 10.2 Å². The first-order valence-corrected chi connectivity index (χ1v) is 11.0. The number of piperazine rings is 1. The van der Waals surface area contributed by atoms with Crippen LogP contribution in [0.2, 0.25) is 0 Å². The highest BCUT2D eigenvalue weighted by Crippen LogP contribution is 2.31. The summed E-state index contributed by atoms with van der Waals surface area (Å²) in [5.74, 6) is 0.232. The number of rotatable bonds is 4. The Morgan fingerprint density at radius 1 is 0.970 bits per heavy atom. The second kappa shape index (κ2) is 8.20. The smallest absolute Gasteiger partial charge is 0.325 e. The van der Waals surface area contributed by atoms with E-state index in [0.717, 1.165) is 21.5 Å². The van der Waals surface area contributed by atoms with Crippen molar-refractivity contribution in [3.05, 3.63) is 72.4 Å². The van der Waals surface area contributed by atoms with Crippen LogP contribution in [0, 0.1) is 0 Å². The quantitative estimate of drug-likeness (QED) is 0.626. The summed E-state index contributed by atoms with van der Waals surface area (Å²) in [5, 5.41) is 4.84. The fraction of sp³-hybridized carbons (Fsp3) is 0.280. The molecule has 8 heteroatoms. The molecule has 5 rings (SSSR count). The number of fused-ring (bicyclic) bond motifs is 1. The second-order valence-corrected chi connectivity index (χ2v) is 8.56. The third-order valence-electron chi connectivity index (χ3n) is 6.50. The maximum absolute atomic E-state index is 13.3. The summed E-state index contributed by atoms with van der Waals surface area (Å²) in [7, 11) is 0. The van der Waals surface area contributed by atoms with Crippen LogP contribution in [0.15, 0.2) is 66.9 Å². The molecule has 1 unspecified atom stereocenters. The van der Waals surface area contributed by atoms with Crippen molar-refractivity contribution in [2.24, 2.45) is 0 Å². The van der Waals surface area contributed by atoms with E-state index in [4.69, 9.17) is 0 Å². The van der Waals surface area contributed by atoms with Gasteiger partial charge < -0.3 is 15.1 Å². The number of hydrogen-bond donors (Lipinski definition) is 1. The molecule has 168 valence electrons. The number of nitrogens with one attached hydrogen (secondary N) is 1. The number of urea groups is 1. The number of benzene rings is 2. The van der Waals surface area contributed by atoms with Crippen molar-refractivity contribution >= 4 is 34.4 Å². The van der Waals surface area contributed by atoms with E-state index in [-0.39, 0.29) is 12.5 Å². The summed E-state index contributed by atoms with van der Waals surface area (Å²) in [6, 6.07) is 18.7. The Morgan fingerprint density at radius 2 is 1.70 bits per heavy atom. The fourth-order valence-electron chi connectivity index (χ4n) is 4.50. The first-order valence-electron chi connectivity index (χ1n) is 11.0. The first kappa shape index (κ1) is 20.9. The largest absolute Gasteiger partial charge is 0.353 e. The number of hydrogen-bond acceptors (Lipinski definition) is 5. The van der Waals surface area contributed by atoms with Gasteiger partial charge in [0.25, 0.3) is 5.91 Å². The van der Waals surface area contributed by atoms with Gasteiger partial charge in [-0.15, -0.1) is 0 Å². The van der Waals surface area contributed by atoms with E-state index >= 15 is 0 Å². The molecule has 0 saturated carbocycles. The average molecular weight is 444 g/mol. The Labute approximate surface area is 191 Å². The summed E-state index contributed by atoms with van der Waals surface area (Å²) in [4.78, 5) is 48.1. The maximum Gasteiger partial charge on any atom is 0.325 e. The number of carbonyl (C=O) groups is 3. The van der Waals surface area contributed by atoms with Crippen LogP contribution >= 0.6 is 0 Å². The Balaban J connectivity index is 1.27. The lowest BCUT2D eigenvalue weighted by atomic mass is 9.90. The lowest BCUT2D eigenvalue weighted by Gasteiger charge is -2.35. The third kappa shape index (κ3) is 3.77. The number of carbonyl (C=O) groups excluding carboxylic acids is 3. The molecule has 33 heavy (non-hydrogen) atoms. The molecule has 2 aliphatic heterocycles. The van der Waals surface area contributed by atoms with Crippen molar-refractivity contribution in [2.75, 3.05) is 37.6 Å². The number of amides is 4. The van der Waals surface area contributed by atoms with Crippen molar-refractivity contribution in [1.82, 2.24) is 20.1 Å². The Kier molecular flexibility index (Phi) is 5.20. The summed E-state index contributed by atoms with van der Waals surface area (Å²) in [6.07, 6.45) is 1.75. The van der Waals surface area contributed by atoms with E-state index in [9.17, 15) is 14.4 Å². The molecule has 2 aromatic carbocycles. The fourth-order valence-corrected chi connectivity index (χ4v) is 4.50. The molecule has 2 fully saturated rings. The maximum atomic E-state index is 13.3. The summed E-state index contributed by atoms with van der Waals surface area (Å²) >= 11 is 0. The Bertz CT molecular complexity index is 1220. The molecule has 8 nitrogen and oxygen atoms in total. The molecule has 3 aromatic rings. The van der Waals surface area contributed by atoms with Crippen molar-refractivity contribution in [3.63, 3.8) is 0 Å². The Hall–Kier alpha value is -3.94. The van der Waals surface area contributed by atoms with Crippen LogP contribution in [0.4, 0.5) is 10.6 Å². The van der Waals surface area contributed by atoms with Crippen molar-refractivity contribution in [2.45, 2.75) is 12.5 Å². The molecule has 1 N–H and O–H groups in total. The van der Waals surface area contributed by atoms with E-state index in [1.165, 1.54) is 0 Å². The summed E-state index contributed by atoms with van der Waals surface area (Å²) in [6.45, 7) is 3.75. The number of pyridine rings is 1. The molecule has 2 saturated heterocycles. The zero-order valence-corrected chi connectivity index (χ0v) is 18.4. The minimum atomic E-state index is -1.21. The monoisotopic (exact) mass is 443 g/mol. The zero-order chi connectivity index (χ0) is 23.0. The van der Waals surface area contributed by atoms with Gasteiger partial charge in [0, 0.05) is 32.4 Å². The van der Waals surface area contributed by atoms with Crippen molar-refractivity contribution in [1.29, 1.82) is 0 Å². The summed E-state index contributed by atoms with van der Waals surface area (Å²) in [5.41, 5.74) is -0.516. The third-order valence-corrected chi connectivity index (χ3v) is 6.50. The van der Waals surface area contributed by atoms with Crippen LogP contribution in [0.1, 0.15) is 12.5 Å². The number of nitrogens with zero attached hydrogens (tertiary/aromatic N) is 4. The average Bonchev–Trinajstić information content (AvgIpc) is 3.08. The van der Waals surface area contributed by atoms with Crippen molar-refractivity contribution in [3.8, 4) is 0 Å². The number of aromatic nitrogens is 1. The van der Waals surface area contributed by atoms with Gasteiger partial charge in [-0.1, -0.05) is 42.5 Å². The predicted molar refractivity (Wildman–Crippen MR) is 125 cm³/mol. The highest BCUT2D eigenvalue weighted by Gasteiger charge is 2.49. The molecule has 1 aromatic heterocycles. The van der Waals surface area contributed by atoms with Gasteiger partial charge in [0.05, 0.1) is 0 Å². The molecule has 0 bridgehead atoms. The normalized spacial score (nSPS) is 20.9. The van der Waals surface area contributed by atoms with E-state index < -0.39 is 17.5 Å². The molecule has 3 heterocycles. The van der Waals surface area contributed by atoms with E-state index in [1.807, 2.05) is 60.7 Å². The number of anilines is 1. The SMILES string of the molecule is CC1(c2ccc3ccccc3c2)NC(=O)N(CC(=O)N2CCN(c3ccccn3)CC2)C1=O. The molecule has 2 aliphatic rings. The summed E-state index contributed by atoms with van der Waals surface area (Å²) < 4.78 is 0. The van der Waals surface area contributed by atoms with Gasteiger partial charge in [0.2, 0.25) is 5.91 Å². The molecule has 1 atom stereocenters. The minimum Gasteiger partial charge on any atom is -0.353 e. The van der Waals surface area contributed by atoms with Gasteiger partial charge in [0.1, 0.15) is 17.9 Å². The van der Waals surface area contributed by atoms with Gasteiger partial charge in [0.15, 0.2) is 0 Å². The highest BCUT2D eigenvalue weighted by molar-refractivity contribution is 6.09. The van der Waals surface area contributed by atoms with Crippen LogP contribution in [0.25, 0.3) is 10.8 Å². The second-order valence-electron chi connectivity index (χ2n) is 8.56. The van der Waals surface area contributed by atoms with Gasteiger partial charge in [-0.3, -0.25) is 14.5 Å². The first-order chi connectivity index (χ1) is 16.0. The molecule has 4 amide bonds. The Morgan fingerprint density at radius 3 is 2.42 bits per heavy atom. The molecule has 0 radical (unpaired) electrons. The van der Waals surface area contributed by atoms with Gasteiger partial charge in [-0.2, -0.15) is 0 Å². The molecular weight excluding hydrogens is 418 g/mol. The van der Waals surface area contributed by atoms with Crippen molar-refractivity contribution < 1.29 is 14.4 Å². The predicted octanol–water partition coefficient (Wildman–Crippen LogP) is 2.35. The van der Waals surface area contributed by atoms with E-state index in [1.54, 1.807) is 18.0 Å². The van der Waals surface area contributed by atoms with Crippen LogP contribution in [-0.2, 0) is 15.1 Å². The zero-order valence-electron chi connectivity index (χ0n) is 18.4. The lowest BCUT2D eigenvalue weighted by molar-refractivity contribution is -0.139. The van der Waals surface area contributed by atoms with E-state index in [2.05, 4.69) is 15.2 Å².